The number of imidazole rings is 1. The Morgan fingerprint density at radius 1 is 1.44 bits per heavy atom. The Labute approximate surface area is 108 Å². The monoisotopic (exact) mass is 253 g/mol. The molecular weight excluding hydrogens is 230 g/mol. The van der Waals surface area contributed by atoms with E-state index in [9.17, 15) is 5.11 Å². The minimum absolute atomic E-state index is 0.145. The molecule has 0 saturated carbocycles. The quantitative estimate of drug-likeness (QED) is 0.790. The summed E-state index contributed by atoms with van der Waals surface area (Å²) in [6, 6.07) is 0. The van der Waals surface area contributed by atoms with Crippen molar-refractivity contribution >= 4 is 0 Å². The summed E-state index contributed by atoms with van der Waals surface area (Å²) in [6.07, 6.45) is 5.59. The fourth-order valence-electron chi connectivity index (χ4n) is 2.58. The van der Waals surface area contributed by atoms with Gasteiger partial charge < -0.3 is 19.7 Å². The molecule has 1 aromatic heterocycles. The molecule has 5 heteroatoms. The van der Waals surface area contributed by atoms with E-state index in [1.165, 1.54) is 0 Å². The Balaban J connectivity index is 1.75. The molecule has 0 aliphatic carbocycles. The lowest BCUT2D eigenvalue weighted by Crippen LogP contribution is -2.40. The van der Waals surface area contributed by atoms with Gasteiger partial charge in [-0.15, -0.1) is 0 Å². The zero-order valence-electron chi connectivity index (χ0n) is 11.0. The van der Waals surface area contributed by atoms with E-state index >= 15 is 0 Å². The molecule has 1 aromatic rings. The van der Waals surface area contributed by atoms with E-state index in [1.54, 1.807) is 0 Å². The van der Waals surface area contributed by atoms with Crippen LogP contribution >= 0.6 is 0 Å². The van der Waals surface area contributed by atoms with Crippen molar-refractivity contribution in [3.8, 4) is 0 Å². The summed E-state index contributed by atoms with van der Waals surface area (Å²) < 4.78 is 2.21. The summed E-state index contributed by atoms with van der Waals surface area (Å²) in [4.78, 5) is 6.47. The molecule has 0 aromatic carbocycles. The Hall–Kier alpha value is -0.910. The summed E-state index contributed by atoms with van der Waals surface area (Å²) >= 11 is 0. The number of rotatable bonds is 5. The number of aliphatic hydroxyl groups is 2. The van der Waals surface area contributed by atoms with E-state index in [0.29, 0.717) is 12.5 Å². The molecule has 0 radical (unpaired) electrons. The molecule has 5 nitrogen and oxygen atoms in total. The van der Waals surface area contributed by atoms with Crippen LogP contribution in [0, 0.1) is 12.8 Å². The van der Waals surface area contributed by atoms with Gasteiger partial charge in [0.25, 0.3) is 0 Å². The molecule has 1 saturated heterocycles. The second-order valence-electron chi connectivity index (χ2n) is 5.21. The standard InChI is InChI=1S/C13H23N3O2/c1-11-14-4-7-16(11)8-12-2-5-15(6-3-12)9-13(18)10-17/h4,7,12-13,17-18H,2-3,5-6,8-10H2,1H3/t13-/m0/s1. The fraction of sp³-hybridized carbons (Fsp3) is 0.769. The lowest BCUT2D eigenvalue weighted by atomic mass is 9.96. The van der Waals surface area contributed by atoms with Gasteiger partial charge in [-0.1, -0.05) is 0 Å². The Morgan fingerprint density at radius 2 is 2.17 bits per heavy atom. The number of likely N-dealkylation sites (tertiary alicyclic amines) is 1. The molecule has 1 fully saturated rings. The van der Waals surface area contributed by atoms with E-state index in [1.807, 2.05) is 19.3 Å². The van der Waals surface area contributed by atoms with E-state index in [-0.39, 0.29) is 6.61 Å². The van der Waals surface area contributed by atoms with Crippen LogP contribution in [-0.2, 0) is 6.54 Å². The minimum atomic E-state index is -0.600. The lowest BCUT2D eigenvalue weighted by Gasteiger charge is -2.33. The number of hydrogen-bond acceptors (Lipinski definition) is 4. The van der Waals surface area contributed by atoms with Gasteiger partial charge in [0.2, 0.25) is 0 Å². The maximum Gasteiger partial charge on any atom is 0.105 e. The number of piperidine rings is 1. The number of β-amino-alcohol motifs (C(OH)–C–C–N with tert-alkyl or cyclic N) is 1. The van der Waals surface area contributed by atoms with Gasteiger partial charge in [0.1, 0.15) is 5.82 Å². The van der Waals surface area contributed by atoms with Crippen LogP contribution in [0.3, 0.4) is 0 Å². The highest BCUT2D eigenvalue weighted by atomic mass is 16.3. The highest BCUT2D eigenvalue weighted by Crippen LogP contribution is 2.19. The van der Waals surface area contributed by atoms with Crippen molar-refractivity contribution in [1.82, 2.24) is 14.5 Å². The molecule has 1 atom stereocenters. The molecule has 1 aliphatic heterocycles. The Bertz CT molecular complexity index is 359. The summed E-state index contributed by atoms with van der Waals surface area (Å²) in [5.41, 5.74) is 0. The number of aliphatic hydroxyl groups excluding tert-OH is 2. The van der Waals surface area contributed by atoms with Gasteiger partial charge in [0.05, 0.1) is 12.7 Å². The van der Waals surface area contributed by atoms with Crippen molar-refractivity contribution in [3.63, 3.8) is 0 Å². The predicted molar refractivity (Wildman–Crippen MR) is 69.2 cm³/mol. The van der Waals surface area contributed by atoms with Gasteiger partial charge in [0.15, 0.2) is 0 Å². The van der Waals surface area contributed by atoms with Crippen molar-refractivity contribution in [2.24, 2.45) is 5.92 Å². The second kappa shape index (κ2) is 6.31. The van der Waals surface area contributed by atoms with Crippen LogP contribution in [0.5, 0.6) is 0 Å². The van der Waals surface area contributed by atoms with Crippen molar-refractivity contribution in [2.75, 3.05) is 26.2 Å². The maximum atomic E-state index is 9.42. The van der Waals surface area contributed by atoms with Crippen molar-refractivity contribution in [3.05, 3.63) is 18.2 Å². The zero-order valence-corrected chi connectivity index (χ0v) is 11.0. The smallest absolute Gasteiger partial charge is 0.105 e. The first-order valence-electron chi connectivity index (χ1n) is 6.68. The van der Waals surface area contributed by atoms with Crippen LogP contribution in [0.25, 0.3) is 0 Å². The normalized spacial score (nSPS) is 20.2. The van der Waals surface area contributed by atoms with Crippen LogP contribution < -0.4 is 0 Å². The molecule has 0 amide bonds. The summed E-state index contributed by atoms with van der Waals surface area (Å²) in [7, 11) is 0. The topological polar surface area (TPSA) is 61.5 Å². The zero-order chi connectivity index (χ0) is 13.0. The van der Waals surface area contributed by atoms with Gasteiger partial charge in [-0.25, -0.2) is 4.98 Å². The fourth-order valence-corrected chi connectivity index (χ4v) is 2.58. The number of hydrogen-bond donors (Lipinski definition) is 2. The first kappa shape index (κ1) is 13.5. The highest BCUT2D eigenvalue weighted by Gasteiger charge is 2.21. The number of aryl methyl sites for hydroxylation is 1. The van der Waals surface area contributed by atoms with Gasteiger partial charge >= 0.3 is 0 Å². The third-order valence-electron chi connectivity index (χ3n) is 3.77. The van der Waals surface area contributed by atoms with Gasteiger partial charge in [-0.2, -0.15) is 0 Å². The van der Waals surface area contributed by atoms with Crippen LogP contribution in [0.15, 0.2) is 12.4 Å². The lowest BCUT2D eigenvalue weighted by molar-refractivity contribution is 0.0462. The molecule has 102 valence electrons. The molecule has 0 bridgehead atoms. The van der Waals surface area contributed by atoms with Crippen LogP contribution in [-0.4, -0.2) is 57.0 Å². The molecule has 2 rings (SSSR count). The molecule has 0 unspecified atom stereocenters. The third kappa shape index (κ3) is 3.54. The van der Waals surface area contributed by atoms with Gasteiger partial charge in [-0.3, -0.25) is 0 Å². The molecule has 2 N–H and O–H groups in total. The molecule has 1 aliphatic rings. The highest BCUT2D eigenvalue weighted by molar-refractivity contribution is 4.89. The first-order valence-corrected chi connectivity index (χ1v) is 6.68. The van der Waals surface area contributed by atoms with Gasteiger partial charge in [-0.05, 0) is 38.8 Å². The molecule has 0 spiro atoms. The number of aromatic nitrogens is 2. The van der Waals surface area contributed by atoms with Crippen LogP contribution in [0.4, 0.5) is 0 Å². The summed E-state index contributed by atoms with van der Waals surface area (Å²) in [6.45, 7) is 5.54. The Kier molecular flexibility index (Phi) is 4.74. The van der Waals surface area contributed by atoms with Crippen LogP contribution in [0.2, 0.25) is 0 Å². The van der Waals surface area contributed by atoms with Gasteiger partial charge in [0, 0.05) is 25.5 Å². The average Bonchev–Trinajstić information content (AvgIpc) is 2.77. The molecule has 2 heterocycles. The molecule has 18 heavy (non-hydrogen) atoms. The maximum absolute atomic E-state index is 9.42. The van der Waals surface area contributed by atoms with E-state index < -0.39 is 6.10 Å². The largest absolute Gasteiger partial charge is 0.394 e. The first-order chi connectivity index (χ1) is 8.69. The average molecular weight is 253 g/mol. The van der Waals surface area contributed by atoms with Crippen molar-refractivity contribution in [1.29, 1.82) is 0 Å². The summed E-state index contributed by atoms with van der Waals surface area (Å²) in [5, 5.41) is 18.2. The third-order valence-corrected chi connectivity index (χ3v) is 3.77. The van der Waals surface area contributed by atoms with E-state index in [4.69, 9.17) is 5.11 Å². The van der Waals surface area contributed by atoms with E-state index in [2.05, 4.69) is 14.5 Å². The Morgan fingerprint density at radius 3 is 2.72 bits per heavy atom. The van der Waals surface area contributed by atoms with Crippen molar-refractivity contribution in [2.45, 2.75) is 32.4 Å². The van der Waals surface area contributed by atoms with E-state index in [0.717, 1.165) is 38.3 Å². The number of nitrogens with zero attached hydrogens (tertiary/aromatic N) is 3. The summed E-state index contributed by atoms with van der Waals surface area (Å²) in [5.74, 6) is 1.77. The predicted octanol–water partition coefficient (Wildman–Crippen LogP) is 0.257. The minimum Gasteiger partial charge on any atom is -0.394 e. The second-order valence-corrected chi connectivity index (χ2v) is 5.21. The molecular formula is C13H23N3O2. The SMILES string of the molecule is Cc1nccn1CC1CCN(C[C@H](O)CO)CC1. The van der Waals surface area contributed by atoms with Crippen LogP contribution in [0.1, 0.15) is 18.7 Å². The van der Waals surface area contributed by atoms with Crippen molar-refractivity contribution < 1.29 is 10.2 Å².